The van der Waals surface area contributed by atoms with E-state index < -0.39 is 0 Å². The lowest BCUT2D eigenvalue weighted by Crippen LogP contribution is -2.06. The summed E-state index contributed by atoms with van der Waals surface area (Å²) in [5.74, 6) is -0.198. The highest BCUT2D eigenvalue weighted by molar-refractivity contribution is 7.20. The zero-order valence-electron chi connectivity index (χ0n) is 12.4. The van der Waals surface area contributed by atoms with Crippen molar-refractivity contribution in [3.8, 4) is 10.4 Å². The summed E-state index contributed by atoms with van der Waals surface area (Å²) < 4.78 is 13.8. The fraction of sp³-hybridized carbons (Fsp3) is 0.312. The molecule has 3 rings (SSSR count). The lowest BCUT2D eigenvalue weighted by atomic mass is 9.89. The van der Waals surface area contributed by atoms with Crippen LogP contribution >= 0.6 is 11.3 Å². The Hall–Kier alpha value is -1.72. The minimum absolute atomic E-state index is 0.0684. The van der Waals surface area contributed by atoms with Crippen molar-refractivity contribution < 1.29 is 9.18 Å². The van der Waals surface area contributed by atoms with E-state index in [1.807, 2.05) is 13.0 Å². The molecule has 5 heteroatoms. The minimum Gasteiger partial charge on any atom is -0.333 e. The van der Waals surface area contributed by atoms with Gasteiger partial charge in [0.05, 0.1) is 5.00 Å². The highest BCUT2D eigenvalue weighted by atomic mass is 32.1. The maximum Gasteiger partial charge on any atom is 0.221 e. The summed E-state index contributed by atoms with van der Waals surface area (Å²) >= 11 is 1.54. The summed E-state index contributed by atoms with van der Waals surface area (Å²) in [7, 11) is 1.50. The minimum atomic E-state index is -0.129. The monoisotopic (exact) mass is 306 g/mol. The molecule has 0 bridgehead atoms. The standard InChI is InChI=1S/C15H14FNOS.CH5N/c1-8-10-6-7-11-12(4-3-5-13(11)16)14(10)19-15(8)17-9(2)18;1-2/h3-5H,6-7H2,1-2H3,(H,17,18);2H2,1H3. The fourth-order valence-electron chi connectivity index (χ4n) is 2.62. The molecule has 2 aromatic rings. The first-order chi connectivity index (χ1) is 10.1. The summed E-state index contributed by atoms with van der Waals surface area (Å²) in [6, 6.07) is 5.22. The van der Waals surface area contributed by atoms with E-state index in [4.69, 9.17) is 0 Å². The molecule has 3 nitrogen and oxygen atoms in total. The third kappa shape index (κ3) is 2.84. The van der Waals surface area contributed by atoms with Crippen LogP contribution in [0.25, 0.3) is 10.4 Å². The third-order valence-corrected chi connectivity index (χ3v) is 4.83. The lowest BCUT2D eigenvalue weighted by Gasteiger charge is -2.17. The molecular formula is C16H19FN2OS. The van der Waals surface area contributed by atoms with Gasteiger partial charge in [0, 0.05) is 11.8 Å². The van der Waals surface area contributed by atoms with Gasteiger partial charge < -0.3 is 11.1 Å². The van der Waals surface area contributed by atoms with E-state index in [-0.39, 0.29) is 11.7 Å². The Morgan fingerprint density at radius 2 is 1.95 bits per heavy atom. The summed E-state index contributed by atoms with van der Waals surface area (Å²) in [5.41, 5.74) is 8.63. The van der Waals surface area contributed by atoms with E-state index in [9.17, 15) is 9.18 Å². The number of carbonyl (C=O) groups excluding carboxylic acids is 1. The van der Waals surface area contributed by atoms with Gasteiger partial charge in [-0.05, 0) is 55.1 Å². The number of hydrogen-bond donors (Lipinski definition) is 2. The SMILES string of the molecule is CC(=O)Nc1sc2c(c1C)CCc1c(F)cccc1-2.CN. The van der Waals surface area contributed by atoms with Crippen molar-refractivity contribution in [2.45, 2.75) is 26.7 Å². The topological polar surface area (TPSA) is 55.1 Å². The number of thiophene rings is 1. The molecule has 0 saturated carbocycles. The molecule has 0 atom stereocenters. The largest absolute Gasteiger partial charge is 0.333 e. The Labute approximate surface area is 128 Å². The number of carbonyl (C=O) groups is 1. The number of halogens is 1. The Balaban J connectivity index is 0.000000774. The quantitative estimate of drug-likeness (QED) is 0.847. The van der Waals surface area contributed by atoms with Crippen LogP contribution in [0.2, 0.25) is 0 Å². The van der Waals surface area contributed by atoms with Crippen LogP contribution in [0.4, 0.5) is 9.39 Å². The lowest BCUT2D eigenvalue weighted by molar-refractivity contribution is -0.114. The van der Waals surface area contributed by atoms with Gasteiger partial charge in [0.2, 0.25) is 5.91 Å². The molecule has 0 unspecified atom stereocenters. The van der Waals surface area contributed by atoms with Gasteiger partial charge in [-0.3, -0.25) is 4.79 Å². The van der Waals surface area contributed by atoms with Crippen LogP contribution in [0.3, 0.4) is 0 Å². The Kier molecular flexibility index (Phi) is 4.75. The van der Waals surface area contributed by atoms with Gasteiger partial charge in [0.15, 0.2) is 0 Å². The fourth-order valence-corrected chi connectivity index (χ4v) is 3.98. The first-order valence-electron chi connectivity index (χ1n) is 6.83. The van der Waals surface area contributed by atoms with Crippen molar-refractivity contribution in [3.63, 3.8) is 0 Å². The average Bonchev–Trinajstić information content (AvgIpc) is 2.78. The van der Waals surface area contributed by atoms with Crippen LogP contribution in [0.15, 0.2) is 18.2 Å². The van der Waals surface area contributed by atoms with Crippen molar-refractivity contribution in [1.82, 2.24) is 0 Å². The Morgan fingerprint density at radius 1 is 1.29 bits per heavy atom. The van der Waals surface area contributed by atoms with E-state index in [1.54, 1.807) is 17.4 Å². The van der Waals surface area contributed by atoms with E-state index in [2.05, 4.69) is 11.1 Å². The molecule has 1 aliphatic carbocycles. The van der Waals surface area contributed by atoms with Crippen LogP contribution in [-0.4, -0.2) is 13.0 Å². The molecule has 1 aromatic carbocycles. The number of anilines is 1. The highest BCUT2D eigenvalue weighted by Gasteiger charge is 2.24. The first kappa shape index (κ1) is 15.7. The number of benzene rings is 1. The third-order valence-electron chi connectivity index (χ3n) is 3.55. The normalized spacial score (nSPS) is 11.9. The number of hydrogen-bond acceptors (Lipinski definition) is 3. The van der Waals surface area contributed by atoms with E-state index in [1.165, 1.54) is 25.6 Å². The Morgan fingerprint density at radius 3 is 2.62 bits per heavy atom. The van der Waals surface area contributed by atoms with Crippen LogP contribution in [0, 0.1) is 12.7 Å². The Bertz CT molecular complexity index is 679. The molecule has 0 aliphatic heterocycles. The summed E-state index contributed by atoms with van der Waals surface area (Å²) in [6.45, 7) is 3.52. The number of nitrogens with two attached hydrogens (primary N) is 1. The van der Waals surface area contributed by atoms with Crippen molar-refractivity contribution >= 4 is 22.2 Å². The second kappa shape index (κ2) is 6.37. The molecule has 1 aliphatic rings. The number of fused-ring (bicyclic) bond motifs is 3. The van der Waals surface area contributed by atoms with Gasteiger partial charge in [-0.15, -0.1) is 11.3 Å². The molecule has 21 heavy (non-hydrogen) atoms. The summed E-state index contributed by atoms with van der Waals surface area (Å²) in [5, 5.41) is 3.75. The van der Waals surface area contributed by atoms with Crippen LogP contribution < -0.4 is 11.1 Å². The zero-order chi connectivity index (χ0) is 15.6. The van der Waals surface area contributed by atoms with E-state index in [0.29, 0.717) is 0 Å². The van der Waals surface area contributed by atoms with Gasteiger partial charge in [-0.2, -0.15) is 0 Å². The molecule has 0 spiro atoms. The van der Waals surface area contributed by atoms with Gasteiger partial charge in [0.1, 0.15) is 5.82 Å². The second-order valence-corrected chi connectivity index (χ2v) is 5.83. The summed E-state index contributed by atoms with van der Waals surface area (Å²) in [6.07, 6.45) is 1.57. The average molecular weight is 306 g/mol. The number of rotatable bonds is 1. The smallest absolute Gasteiger partial charge is 0.221 e. The molecule has 1 amide bonds. The molecular weight excluding hydrogens is 287 g/mol. The highest BCUT2D eigenvalue weighted by Crippen LogP contribution is 2.45. The molecule has 3 N–H and O–H groups in total. The first-order valence-corrected chi connectivity index (χ1v) is 7.65. The van der Waals surface area contributed by atoms with Gasteiger partial charge in [-0.1, -0.05) is 12.1 Å². The van der Waals surface area contributed by atoms with Gasteiger partial charge in [0.25, 0.3) is 0 Å². The molecule has 0 saturated heterocycles. The molecule has 112 valence electrons. The van der Waals surface area contributed by atoms with Crippen molar-refractivity contribution in [2.75, 3.05) is 12.4 Å². The van der Waals surface area contributed by atoms with E-state index >= 15 is 0 Å². The molecule has 1 heterocycles. The number of nitrogens with one attached hydrogen (secondary N) is 1. The van der Waals surface area contributed by atoms with Crippen molar-refractivity contribution in [1.29, 1.82) is 0 Å². The van der Waals surface area contributed by atoms with Crippen LogP contribution in [0.5, 0.6) is 0 Å². The van der Waals surface area contributed by atoms with E-state index in [0.717, 1.165) is 39.4 Å². The van der Waals surface area contributed by atoms with Crippen LogP contribution in [0.1, 0.15) is 23.6 Å². The maximum absolute atomic E-state index is 13.8. The zero-order valence-corrected chi connectivity index (χ0v) is 13.2. The molecule has 0 radical (unpaired) electrons. The van der Waals surface area contributed by atoms with Crippen LogP contribution in [-0.2, 0) is 17.6 Å². The molecule has 0 fully saturated rings. The van der Waals surface area contributed by atoms with Gasteiger partial charge >= 0.3 is 0 Å². The van der Waals surface area contributed by atoms with Gasteiger partial charge in [-0.25, -0.2) is 4.39 Å². The van der Waals surface area contributed by atoms with Crippen molar-refractivity contribution in [2.24, 2.45) is 5.73 Å². The summed E-state index contributed by atoms with van der Waals surface area (Å²) in [4.78, 5) is 12.3. The second-order valence-electron chi connectivity index (χ2n) is 4.81. The maximum atomic E-state index is 13.8. The van der Waals surface area contributed by atoms with Crippen molar-refractivity contribution in [3.05, 3.63) is 40.7 Å². The predicted octanol–water partition coefficient (Wildman–Crippen LogP) is 3.49. The molecule has 1 aromatic heterocycles. The number of amides is 1. The predicted molar refractivity (Wildman–Crippen MR) is 86.3 cm³/mol.